The number of imide groups is 3. The van der Waals surface area contributed by atoms with Gasteiger partial charge >= 0.3 is 139 Å². The van der Waals surface area contributed by atoms with Crippen LogP contribution in [0.4, 0.5) is 28.8 Å². The van der Waals surface area contributed by atoms with Crippen molar-refractivity contribution in [2.75, 3.05) is 241 Å². The van der Waals surface area contributed by atoms with Crippen molar-refractivity contribution in [2.24, 2.45) is 17.2 Å². The maximum atomic E-state index is 12.9. The van der Waals surface area contributed by atoms with E-state index in [9.17, 15) is 57.5 Å². The number of piperazine rings is 4. The van der Waals surface area contributed by atoms with Gasteiger partial charge < -0.3 is 103 Å². The van der Waals surface area contributed by atoms with Crippen LogP contribution in [0, 0.1) is 0 Å². The summed E-state index contributed by atoms with van der Waals surface area (Å²) in [6.45, 7) is 56.0. The van der Waals surface area contributed by atoms with Crippen molar-refractivity contribution < 1.29 is 205 Å². The number of amides is 12. The Kier molecular flexibility index (Phi) is 59.4. The monoisotopic (exact) mass is 2060 g/mol. The Hall–Kier alpha value is -6.52. The van der Waals surface area contributed by atoms with Crippen molar-refractivity contribution >= 4 is 94.4 Å². The Morgan fingerprint density at radius 3 is 0.928 bits per heavy atom. The smallest absolute Gasteiger partial charge is 1.00 e. The summed E-state index contributed by atoms with van der Waals surface area (Å²) in [6.07, 6.45) is 1.58. The average Bonchev–Trinajstić information content (AvgIpc) is 1.65. The first kappa shape index (κ1) is 128. The third-order valence-electron chi connectivity index (χ3n) is 21.0. The molecule has 0 aromatic heterocycles. The van der Waals surface area contributed by atoms with Gasteiger partial charge in [-0.15, -0.1) is 0 Å². The summed E-state index contributed by atoms with van der Waals surface area (Å²) in [5.41, 5.74) is 14.8. The molecule has 0 bridgehead atoms. The predicted molar refractivity (Wildman–Crippen MR) is 521 cm³/mol. The summed E-state index contributed by atoms with van der Waals surface area (Å²) in [4.78, 5) is 183. The van der Waals surface area contributed by atoms with Gasteiger partial charge in [0.25, 0.3) is 41.9 Å². The van der Waals surface area contributed by atoms with E-state index in [2.05, 4.69) is 62.1 Å². The third kappa shape index (κ3) is 48.2. The van der Waals surface area contributed by atoms with Crippen molar-refractivity contribution in [2.45, 2.75) is 177 Å². The number of benzene rings is 3. The number of hydrogen-bond acceptors (Lipinski definition) is 31. The Morgan fingerprint density at radius 2 is 0.638 bits per heavy atom. The number of carbonyl (C=O) groups excluding carboxylic acids is 13. The van der Waals surface area contributed by atoms with E-state index in [0.717, 1.165) is 52.4 Å². The molecule has 4 saturated heterocycles. The van der Waals surface area contributed by atoms with E-state index >= 15 is 0 Å². The van der Waals surface area contributed by atoms with Crippen LogP contribution in [0.25, 0.3) is 0 Å². The van der Waals surface area contributed by atoms with Crippen LogP contribution in [0.2, 0.25) is 0 Å². The molecule has 40 nitrogen and oxygen atoms in total. The van der Waals surface area contributed by atoms with Gasteiger partial charge in [-0.3, -0.25) is 67.9 Å². The zero-order chi connectivity index (χ0) is 102. The molecule has 138 heavy (non-hydrogen) atoms. The number of ether oxygens (including phenoxy) is 6. The van der Waals surface area contributed by atoms with Crippen LogP contribution in [0.1, 0.15) is 207 Å². The number of nitrogens with one attached hydrogen (secondary N) is 3. The first-order chi connectivity index (χ1) is 64.0. The van der Waals surface area contributed by atoms with E-state index in [-0.39, 0.29) is 190 Å². The molecule has 43 heteroatoms. The second-order valence-corrected chi connectivity index (χ2v) is 39.7. The van der Waals surface area contributed by atoms with E-state index in [1.54, 1.807) is 118 Å². The minimum Gasteiger partial charge on any atom is -1.00 e. The minimum atomic E-state index is -0.677. The Balaban J connectivity index is 0.000000889. The fourth-order valence-corrected chi connectivity index (χ4v) is 14.6. The zero-order valence-corrected chi connectivity index (χ0v) is 93.9. The number of carbonyl (C=O) groups is 13. The van der Waals surface area contributed by atoms with Crippen LogP contribution < -0.4 is 141 Å². The van der Waals surface area contributed by atoms with Crippen LogP contribution >= 0.6 is 15.9 Å². The van der Waals surface area contributed by atoms with Gasteiger partial charge in [0, 0.05) is 221 Å². The van der Waals surface area contributed by atoms with Gasteiger partial charge in [-0.25, -0.2) is 28.8 Å². The van der Waals surface area contributed by atoms with Gasteiger partial charge in [-0.1, -0.05) is 58.7 Å². The topological polar surface area (TPSA) is 466 Å². The normalized spacial score (nSPS) is 15.7. The molecule has 0 atom stereocenters. The van der Waals surface area contributed by atoms with Crippen LogP contribution in [-0.4, -0.2) is 417 Å². The number of unbranched alkanes of at least 4 members (excludes halogenated alkanes) is 2. The number of fused-ring (bicyclic) bond motifs is 3. The summed E-state index contributed by atoms with van der Waals surface area (Å²) < 4.78 is 32.9. The van der Waals surface area contributed by atoms with E-state index in [1.165, 1.54) is 65.5 Å². The molecule has 7 heterocycles. The largest absolute Gasteiger partial charge is 1.00 e. The summed E-state index contributed by atoms with van der Waals surface area (Å²) >= 11 is 3.21. The van der Waals surface area contributed by atoms with Gasteiger partial charge in [-0.2, -0.15) is 0 Å². The number of rotatable bonds is 31. The molecule has 12 amide bonds. The van der Waals surface area contributed by atoms with Gasteiger partial charge in [0.15, 0.2) is 0 Å². The standard InChI is InChI=1S/C28H43N5O6.C26H38N4O6.C18H36N4O4.C11H26N4.C10H8BrNO2.CH5N.CH2O3.2K.H/c1-27(2,3)38-25(36)31(18-15-30-16-19-32(20-17-30)26(37)39-28(4,5)6)13-11-29-12-14-33-23(34)21-9-7-8-10-22(21)24(33)35;1-25(2,3)35-23(33)28-14-11-27(12-15-28)13-16-29(24(34)36-26(4,5)6)17-18-30-21(31)19-9-7-8-10-20(19)22(30)32;1-17(2,3)25-15(23)21(8-7-19)12-9-20-10-13-22(14-11-20)16(24)26-18(4,5)6;12-4-2-1-3-5-13-6-9-15-10-7-14-8-11-15;11-5-6-12-9(13)7-3-1-2-4-8(7)10(12)14;1-2;2-1-4-3;;;/h7-10,29H,11-20H2,1-6H3;7-10H,11-18H2,1-6H3;7-14,19H2,1-6H3;13-14H,1-12H2;1-4H,5-6H2;2H2,1H3;1,3H;;;/q;;;;;;;2*+1;-1/p-1. The SMILES string of the molecule is CC(C)(C)OC(=O)N(CCN)CCN1CCN(C(=O)OC(C)(C)C)CC1.CC(C)(C)OC(=O)N(CCNCCN1C(=O)c2ccccc2C1=O)CCN1CCN(C(=O)OC(C)(C)C)CC1.CC(C)(C)OC(=O)N1CCN(CCN(CCN2C(=O)c3ccccc3C2=O)C(=O)OC(C)(C)C)CC1.CN.NCCCCCNCCN1CCNCC1.O=C1c2ccccc2C(=O)N1CCBr.O=CO[O-].[H-].[K+].[K+]. The molecule has 0 saturated carbocycles. The average molecular weight is 2060 g/mol. The molecule has 768 valence electrons. The van der Waals surface area contributed by atoms with E-state index in [4.69, 9.17) is 49.9 Å². The fourth-order valence-electron chi connectivity index (χ4n) is 14.3. The van der Waals surface area contributed by atoms with E-state index in [1.807, 2.05) is 104 Å². The predicted octanol–water partition coefficient (Wildman–Crippen LogP) is 0.887. The molecule has 9 N–H and O–H groups in total. The van der Waals surface area contributed by atoms with Crippen LogP contribution in [0.15, 0.2) is 72.8 Å². The zero-order valence-electron chi connectivity index (χ0n) is 87.1. The van der Waals surface area contributed by atoms with E-state index < -0.39 is 45.8 Å². The molecule has 7 aliphatic heterocycles. The first-order valence-corrected chi connectivity index (χ1v) is 48.1. The van der Waals surface area contributed by atoms with Gasteiger partial charge in [0.1, 0.15) is 33.6 Å². The summed E-state index contributed by atoms with van der Waals surface area (Å²) in [5.74, 6) is -1.63. The molecular weight excluding hydrogens is 1900 g/mol. The second kappa shape index (κ2) is 64.3. The van der Waals surface area contributed by atoms with E-state index in [0.29, 0.717) is 176 Å². The van der Waals surface area contributed by atoms with Crippen molar-refractivity contribution in [1.29, 1.82) is 0 Å². The van der Waals surface area contributed by atoms with Crippen molar-refractivity contribution in [1.82, 2.24) is 79.6 Å². The molecule has 4 fully saturated rings. The molecule has 0 unspecified atom stereocenters. The maximum Gasteiger partial charge on any atom is 1.00 e. The molecule has 0 aliphatic carbocycles. The number of halogens is 1. The molecule has 10 rings (SSSR count). The van der Waals surface area contributed by atoms with Crippen molar-refractivity contribution in [3.8, 4) is 0 Å². The molecule has 0 radical (unpaired) electrons. The number of nitrogens with two attached hydrogens (primary N) is 3. The summed E-state index contributed by atoms with van der Waals surface area (Å²) in [7, 11) is 1.50. The Bertz CT molecular complexity index is 4150. The Morgan fingerprint density at radius 1 is 0.370 bits per heavy atom. The molecule has 7 aliphatic rings. The van der Waals surface area contributed by atoms with Crippen molar-refractivity contribution in [3.63, 3.8) is 0 Å². The number of nitrogens with zero attached hydrogens (tertiary/aromatic N) is 13. The summed E-state index contributed by atoms with van der Waals surface area (Å²) in [5, 5.41) is 19.1. The summed E-state index contributed by atoms with van der Waals surface area (Å²) in [6, 6.07) is 20.5. The fraction of sp³-hybridized carbons (Fsp3) is 0.674. The van der Waals surface area contributed by atoms with Gasteiger partial charge in [-0.05, 0) is 194 Å². The van der Waals surface area contributed by atoms with Crippen LogP contribution in [-0.2, 0) is 38.1 Å². The van der Waals surface area contributed by atoms with Crippen LogP contribution in [0.5, 0.6) is 0 Å². The second-order valence-electron chi connectivity index (χ2n) is 38.9. The van der Waals surface area contributed by atoms with Gasteiger partial charge in [0.2, 0.25) is 0 Å². The molecule has 0 spiro atoms. The number of hydrogen-bond donors (Lipinski definition) is 6. The van der Waals surface area contributed by atoms with Gasteiger partial charge in [0.05, 0.1) is 33.4 Å². The third-order valence-corrected chi connectivity index (χ3v) is 21.4. The molecule has 3 aromatic rings. The Labute approximate surface area is 912 Å². The molecular formula is C95H158BrK2N19O21. The first-order valence-electron chi connectivity index (χ1n) is 47.0. The molecule has 3 aromatic carbocycles. The van der Waals surface area contributed by atoms with Crippen molar-refractivity contribution in [3.05, 3.63) is 106 Å². The maximum absolute atomic E-state index is 12.9. The minimum absolute atomic E-state index is 0. The number of alkyl halides is 1. The van der Waals surface area contributed by atoms with Crippen LogP contribution in [0.3, 0.4) is 0 Å². The quantitative estimate of drug-likeness (QED) is 0.00761.